The lowest BCUT2D eigenvalue weighted by Gasteiger charge is -2.06. The molecular formula is C19H18F3N3. The summed E-state index contributed by atoms with van der Waals surface area (Å²) in [6.07, 6.45) is -3.47. The second kappa shape index (κ2) is 8.25. The maximum atomic E-state index is 12.6. The van der Waals surface area contributed by atoms with Crippen LogP contribution in [0.4, 0.5) is 18.9 Å². The normalized spacial score (nSPS) is 11.6. The molecule has 0 bridgehead atoms. The van der Waals surface area contributed by atoms with Gasteiger partial charge in [0.05, 0.1) is 5.56 Å². The number of nitrogens with two attached hydrogens (primary N) is 1. The van der Waals surface area contributed by atoms with Crippen LogP contribution in [-0.4, -0.2) is 12.5 Å². The van der Waals surface area contributed by atoms with E-state index < -0.39 is 11.7 Å². The molecular weight excluding hydrogens is 327 g/mol. The summed E-state index contributed by atoms with van der Waals surface area (Å²) < 4.78 is 37.9. The highest BCUT2D eigenvalue weighted by Gasteiger charge is 2.30. The smallest absolute Gasteiger partial charge is 0.370 e. The molecule has 0 aromatic heterocycles. The van der Waals surface area contributed by atoms with E-state index in [2.05, 4.69) is 29.1 Å². The first-order valence-electron chi connectivity index (χ1n) is 7.70. The van der Waals surface area contributed by atoms with Gasteiger partial charge in [-0.25, -0.2) is 4.99 Å². The zero-order chi connectivity index (χ0) is 18.3. The third-order valence-corrected chi connectivity index (χ3v) is 3.36. The first kappa shape index (κ1) is 18.4. The number of halogens is 3. The lowest BCUT2D eigenvalue weighted by Crippen LogP contribution is -2.22. The number of alkyl halides is 3. The molecule has 2 aromatic carbocycles. The summed E-state index contributed by atoms with van der Waals surface area (Å²) in [5.74, 6) is 5.55. The van der Waals surface area contributed by atoms with Gasteiger partial charge in [-0.15, -0.1) is 0 Å². The van der Waals surface area contributed by atoms with E-state index in [4.69, 9.17) is 5.73 Å². The summed E-state index contributed by atoms with van der Waals surface area (Å²) in [5.41, 5.74) is 7.34. The molecule has 0 saturated carbocycles. The van der Waals surface area contributed by atoms with Gasteiger partial charge >= 0.3 is 6.18 Å². The van der Waals surface area contributed by atoms with Gasteiger partial charge in [-0.2, -0.15) is 13.2 Å². The summed E-state index contributed by atoms with van der Waals surface area (Å²) in [7, 11) is 0. The van der Waals surface area contributed by atoms with Gasteiger partial charge in [0, 0.05) is 11.3 Å². The fourth-order valence-corrected chi connectivity index (χ4v) is 2.10. The van der Waals surface area contributed by atoms with E-state index in [1.54, 1.807) is 0 Å². The Kier molecular flexibility index (Phi) is 6.07. The highest BCUT2D eigenvalue weighted by molar-refractivity contribution is 5.92. The van der Waals surface area contributed by atoms with Gasteiger partial charge in [0.2, 0.25) is 0 Å². The van der Waals surface area contributed by atoms with Crippen LogP contribution in [0.15, 0.2) is 53.5 Å². The predicted molar refractivity (Wildman–Crippen MR) is 94.3 cm³/mol. The summed E-state index contributed by atoms with van der Waals surface area (Å²) in [4.78, 5) is 4.05. The summed E-state index contributed by atoms with van der Waals surface area (Å²) >= 11 is 0. The molecule has 0 spiro atoms. The Balaban J connectivity index is 1.98. The van der Waals surface area contributed by atoms with Crippen molar-refractivity contribution >= 4 is 11.6 Å². The first-order chi connectivity index (χ1) is 11.9. The van der Waals surface area contributed by atoms with Crippen LogP contribution in [0.25, 0.3) is 0 Å². The Bertz CT molecular complexity index is 814. The number of guanidine groups is 1. The topological polar surface area (TPSA) is 50.4 Å². The minimum absolute atomic E-state index is 0.0859. The quantitative estimate of drug-likeness (QED) is 0.501. The summed E-state index contributed by atoms with van der Waals surface area (Å²) in [5, 5.41) is 2.96. The molecule has 0 fully saturated rings. The Morgan fingerprint density at radius 1 is 1.16 bits per heavy atom. The molecule has 0 amide bonds. The van der Waals surface area contributed by atoms with Crippen molar-refractivity contribution in [1.29, 1.82) is 0 Å². The van der Waals surface area contributed by atoms with Crippen molar-refractivity contribution in [1.82, 2.24) is 0 Å². The Morgan fingerprint density at radius 2 is 1.92 bits per heavy atom. The molecule has 0 atom stereocenters. The van der Waals surface area contributed by atoms with Gasteiger partial charge in [0.15, 0.2) is 5.96 Å². The summed E-state index contributed by atoms with van der Waals surface area (Å²) in [6, 6.07) is 12.6. The van der Waals surface area contributed by atoms with Crippen LogP contribution in [0, 0.1) is 11.8 Å². The Hall–Kier alpha value is -2.94. The van der Waals surface area contributed by atoms with E-state index in [-0.39, 0.29) is 18.1 Å². The van der Waals surface area contributed by atoms with Crippen LogP contribution < -0.4 is 11.1 Å². The molecule has 3 N–H and O–H groups in total. The molecule has 0 aliphatic rings. The molecule has 0 aliphatic heterocycles. The van der Waals surface area contributed by atoms with Gasteiger partial charge in [-0.1, -0.05) is 37.0 Å². The van der Waals surface area contributed by atoms with Crippen molar-refractivity contribution in [2.24, 2.45) is 10.7 Å². The van der Waals surface area contributed by atoms with Gasteiger partial charge in [0.1, 0.15) is 6.54 Å². The zero-order valence-electron chi connectivity index (χ0n) is 13.7. The van der Waals surface area contributed by atoms with Gasteiger partial charge < -0.3 is 11.1 Å². The van der Waals surface area contributed by atoms with Crippen molar-refractivity contribution in [2.45, 2.75) is 19.5 Å². The van der Waals surface area contributed by atoms with Crippen LogP contribution in [0.1, 0.15) is 23.6 Å². The molecule has 0 unspecified atom stereocenters. The fourth-order valence-electron chi connectivity index (χ4n) is 2.10. The molecule has 0 saturated heterocycles. The number of aliphatic imine (C=N–C) groups is 1. The standard InChI is InChI=1S/C19H18F3N3/c1-2-14-6-4-10-17(13-14)25-18(23)24-11-5-8-15-7-3-9-16(12-15)19(20,21)22/h3-4,6-7,9-10,12-13H,2,11H2,1H3,(H3,23,24,25). The second-order valence-electron chi connectivity index (χ2n) is 5.26. The number of hydrogen-bond acceptors (Lipinski definition) is 1. The van der Waals surface area contributed by atoms with Crippen molar-refractivity contribution in [2.75, 3.05) is 11.9 Å². The SMILES string of the molecule is CCc1cccc(NC(N)=NCC#Cc2cccc(C(F)(F)F)c2)c1. The van der Waals surface area contributed by atoms with Crippen LogP contribution in [-0.2, 0) is 12.6 Å². The van der Waals surface area contributed by atoms with Gasteiger partial charge in [-0.05, 0) is 42.3 Å². The minimum atomic E-state index is -4.38. The lowest BCUT2D eigenvalue weighted by molar-refractivity contribution is -0.137. The van der Waals surface area contributed by atoms with E-state index in [1.807, 2.05) is 24.3 Å². The van der Waals surface area contributed by atoms with E-state index >= 15 is 0 Å². The summed E-state index contributed by atoms with van der Waals surface area (Å²) in [6.45, 7) is 2.14. The minimum Gasteiger partial charge on any atom is -0.370 e. The maximum absolute atomic E-state index is 12.6. The van der Waals surface area contributed by atoms with E-state index in [0.717, 1.165) is 24.2 Å². The number of nitrogens with zero attached hydrogens (tertiary/aromatic N) is 1. The van der Waals surface area contributed by atoms with Crippen LogP contribution >= 0.6 is 0 Å². The highest BCUT2D eigenvalue weighted by atomic mass is 19.4. The number of benzene rings is 2. The van der Waals surface area contributed by atoms with Gasteiger partial charge in [-0.3, -0.25) is 0 Å². The highest BCUT2D eigenvalue weighted by Crippen LogP contribution is 2.29. The van der Waals surface area contributed by atoms with Crippen LogP contribution in [0.5, 0.6) is 0 Å². The largest absolute Gasteiger partial charge is 0.416 e. The molecule has 6 heteroatoms. The monoisotopic (exact) mass is 345 g/mol. The number of rotatable bonds is 3. The first-order valence-corrected chi connectivity index (χ1v) is 7.70. The van der Waals surface area contributed by atoms with Crippen molar-refractivity contribution in [3.8, 4) is 11.8 Å². The van der Waals surface area contributed by atoms with Crippen molar-refractivity contribution < 1.29 is 13.2 Å². The molecule has 0 radical (unpaired) electrons. The molecule has 130 valence electrons. The van der Waals surface area contributed by atoms with Crippen molar-refractivity contribution in [3.63, 3.8) is 0 Å². The zero-order valence-corrected chi connectivity index (χ0v) is 13.7. The van der Waals surface area contributed by atoms with Gasteiger partial charge in [0.25, 0.3) is 0 Å². The van der Waals surface area contributed by atoms with Crippen molar-refractivity contribution in [3.05, 3.63) is 65.2 Å². The molecule has 2 rings (SSSR count). The number of aryl methyl sites for hydroxylation is 1. The number of nitrogens with one attached hydrogen (secondary N) is 1. The maximum Gasteiger partial charge on any atom is 0.416 e. The average Bonchev–Trinajstić information content (AvgIpc) is 2.58. The fraction of sp³-hybridized carbons (Fsp3) is 0.211. The van der Waals surface area contributed by atoms with Crippen LogP contribution in [0.3, 0.4) is 0 Å². The Labute approximate surface area is 144 Å². The van der Waals surface area contributed by atoms with E-state index in [0.29, 0.717) is 0 Å². The molecule has 2 aromatic rings. The van der Waals surface area contributed by atoms with E-state index in [1.165, 1.54) is 17.7 Å². The molecule has 25 heavy (non-hydrogen) atoms. The average molecular weight is 345 g/mol. The molecule has 0 heterocycles. The molecule has 3 nitrogen and oxygen atoms in total. The Morgan fingerprint density at radius 3 is 2.64 bits per heavy atom. The molecule has 0 aliphatic carbocycles. The second-order valence-corrected chi connectivity index (χ2v) is 5.26. The lowest BCUT2D eigenvalue weighted by atomic mass is 10.1. The van der Waals surface area contributed by atoms with Crippen LogP contribution in [0.2, 0.25) is 0 Å². The predicted octanol–water partition coefficient (Wildman–Crippen LogP) is 4.05. The number of hydrogen-bond donors (Lipinski definition) is 2. The van der Waals surface area contributed by atoms with E-state index in [9.17, 15) is 13.2 Å². The third kappa shape index (κ3) is 5.88. The number of anilines is 1. The third-order valence-electron chi connectivity index (χ3n) is 3.36.